The van der Waals surface area contributed by atoms with Crippen LogP contribution >= 0.6 is 11.3 Å². The van der Waals surface area contributed by atoms with Crippen LogP contribution in [0.1, 0.15) is 51.9 Å². The van der Waals surface area contributed by atoms with E-state index in [4.69, 9.17) is 0 Å². The molecular weight excluding hydrogens is 346 g/mol. The lowest BCUT2D eigenvalue weighted by Crippen LogP contribution is -2.46. The Balaban J connectivity index is 1.70. The lowest BCUT2D eigenvalue weighted by Gasteiger charge is -2.35. The molecule has 24 heavy (non-hydrogen) atoms. The van der Waals surface area contributed by atoms with Gasteiger partial charge in [-0.2, -0.15) is 4.31 Å². The van der Waals surface area contributed by atoms with E-state index in [1.807, 2.05) is 0 Å². The lowest BCUT2D eigenvalue weighted by atomic mass is 9.77. The monoisotopic (exact) mass is 371 g/mol. The first-order valence-electron chi connectivity index (χ1n) is 8.60. The molecule has 0 aromatic carbocycles. The summed E-state index contributed by atoms with van der Waals surface area (Å²) >= 11 is 1.34. The maximum absolute atomic E-state index is 13.0. The van der Waals surface area contributed by atoms with Crippen molar-refractivity contribution in [1.29, 1.82) is 0 Å². The maximum atomic E-state index is 13.0. The Morgan fingerprint density at radius 3 is 2.79 bits per heavy atom. The van der Waals surface area contributed by atoms with Gasteiger partial charge in [-0.25, -0.2) is 13.4 Å². The summed E-state index contributed by atoms with van der Waals surface area (Å²) in [5, 5.41) is 5.04. The summed E-state index contributed by atoms with van der Waals surface area (Å²) in [4.78, 5) is 16.5. The van der Waals surface area contributed by atoms with Gasteiger partial charge >= 0.3 is 0 Å². The Hall–Kier alpha value is -0.990. The van der Waals surface area contributed by atoms with Crippen molar-refractivity contribution in [1.82, 2.24) is 9.29 Å². The predicted octanol–water partition coefficient (Wildman–Crippen LogP) is 2.85. The minimum Gasteiger partial charge on any atom is -0.301 e. The van der Waals surface area contributed by atoms with Crippen LogP contribution in [0, 0.1) is 5.41 Å². The highest BCUT2D eigenvalue weighted by molar-refractivity contribution is 7.89. The third-order valence-electron chi connectivity index (χ3n) is 5.12. The molecule has 1 aromatic heterocycles. The minimum absolute atomic E-state index is 0.154. The van der Waals surface area contributed by atoms with E-state index in [-0.39, 0.29) is 17.1 Å². The van der Waals surface area contributed by atoms with Gasteiger partial charge in [0.05, 0.1) is 5.75 Å². The van der Waals surface area contributed by atoms with E-state index >= 15 is 0 Å². The summed E-state index contributed by atoms with van der Waals surface area (Å²) in [7, 11) is -3.44. The van der Waals surface area contributed by atoms with Crippen LogP contribution in [-0.2, 0) is 14.8 Å². The molecule has 1 atom stereocenters. The topological polar surface area (TPSA) is 79.4 Å². The first-order chi connectivity index (χ1) is 11.4. The van der Waals surface area contributed by atoms with E-state index in [2.05, 4.69) is 17.2 Å². The van der Waals surface area contributed by atoms with Crippen LogP contribution in [0.15, 0.2) is 11.6 Å². The maximum Gasteiger partial charge on any atom is 0.244 e. The molecule has 1 saturated carbocycles. The number of hydrogen-bond acceptors (Lipinski definition) is 5. The lowest BCUT2D eigenvalue weighted by molar-refractivity contribution is -0.119. The van der Waals surface area contributed by atoms with Crippen molar-refractivity contribution < 1.29 is 13.2 Å². The molecule has 2 heterocycles. The number of anilines is 1. The molecule has 1 aliphatic heterocycles. The van der Waals surface area contributed by atoms with Crippen LogP contribution < -0.4 is 5.32 Å². The second-order valence-corrected chi connectivity index (χ2v) is 10.0. The van der Waals surface area contributed by atoms with Crippen LogP contribution in [-0.4, -0.2) is 42.0 Å². The number of carbonyl (C=O) groups excluding carboxylic acids is 1. The fourth-order valence-electron chi connectivity index (χ4n) is 3.88. The Labute approximate surface area is 147 Å². The predicted molar refractivity (Wildman–Crippen MR) is 95.5 cm³/mol. The fourth-order valence-corrected chi connectivity index (χ4v) is 6.75. The second-order valence-electron chi connectivity index (χ2n) is 7.22. The molecule has 0 spiro atoms. The van der Waals surface area contributed by atoms with Gasteiger partial charge < -0.3 is 5.32 Å². The average molecular weight is 372 g/mol. The quantitative estimate of drug-likeness (QED) is 0.863. The Morgan fingerprint density at radius 1 is 1.38 bits per heavy atom. The van der Waals surface area contributed by atoms with Gasteiger partial charge in [0.25, 0.3) is 0 Å². The van der Waals surface area contributed by atoms with E-state index in [0.717, 1.165) is 32.1 Å². The van der Waals surface area contributed by atoms with Gasteiger partial charge in [0.1, 0.15) is 6.04 Å². The molecule has 1 aliphatic carbocycles. The number of nitrogens with one attached hydrogen (secondary N) is 1. The van der Waals surface area contributed by atoms with Gasteiger partial charge in [0.15, 0.2) is 5.13 Å². The molecule has 1 saturated heterocycles. The largest absolute Gasteiger partial charge is 0.301 e. The van der Waals surface area contributed by atoms with Crippen molar-refractivity contribution in [3.8, 4) is 0 Å². The zero-order valence-electron chi connectivity index (χ0n) is 14.0. The molecule has 134 valence electrons. The smallest absolute Gasteiger partial charge is 0.244 e. The highest BCUT2D eigenvalue weighted by Gasteiger charge is 2.42. The molecule has 8 heteroatoms. The second kappa shape index (κ2) is 7.09. The number of amides is 1. The van der Waals surface area contributed by atoms with Crippen LogP contribution in [0.5, 0.6) is 0 Å². The zero-order valence-corrected chi connectivity index (χ0v) is 15.7. The van der Waals surface area contributed by atoms with E-state index in [9.17, 15) is 13.2 Å². The first-order valence-corrected chi connectivity index (χ1v) is 11.1. The molecule has 1 aromatic rings. The van der Waals surface area contributed by atoms with Gasteiger partial charge in [-0.15, -0.1) is 11.3 Å². The number of hydrogen-bond donors (Lipinski definition) is 1. The summed E-state index contributed by atoms with van der Waals surface area (Å²) in [5.41, 5.74) is -0.157. The van der Waals surface area contributed by atoms with Gasteiger partial charge in [-0.1, -0.05) is 26.2 Å². The van der Waals surface area contributed by atoms with Crippen molar-refractivity contribution in [2.45, 2.75) is 57.9 Å². The minimum atomic E-state index is -3.44. The van der Waals surface area contributed by atoms with Crippen molar-refractivity contribution in [3.63, 3.8) is 0 Å². The van der Waals surface area contributed by atoms with Crippen molar-refractivity contribution in [2.75, 3.05) is 17.6 Å². The number of carbonyl (C=O) groups is 1. The van der Waals surface area contributed by atoms with Gasteiger partial charge in [-0.05, 0) is 31.1 Å². The third kappa shape index (κ3) is 3.97. The Bertz CT molecular complexity index is 667. The standard InChI is InChI=1S/C16H25N3O3S2/c1-16(7-3-2-4-8-16)12-24(21,22)19-10-5-6-13(19)14(20)18-15-17-9-11-23-15/h9,11,13H,2-8,10,12H2,1H3,(H,17,18,20). The van der Waals surface area contributed by atoms with Crippen molar-refractivity contribution in [2.24, 2.45) is 5.41 Å². The van der Waals surface area contributed by atoms with Crippen LogP contribution in [0.2, 0.25) is 0 Å². The van der Waals surface area contributed by atoms with E-state index in [1.165, 1.54) is 22.1 Å². The number of nitrogens with zero attached hydrogens (tertiary/aromatic N) is 2. The molecule has 6 nitrogen and oxygen atoms in total. The number of aromatic nitrogens is 1. The van der Waals surface area contributed by atoms with Crippen molar-refractivity contribution in [3.05, 3.63) is 11.6 Å². The Morgan fingerprint density at radius 2 is 2.12 bits per heavy atom. The normalized spacial score (nSPS) is 24.8. The first kappa shape index (κ1) is 17.8. The molecule has 3 rings (SSSR count). The van der Waals surface area contributed by atoms with E-state index < -0.39 is 16.1 Å². The number of thiazole rings is 1. The summed E-state index contributed by atoms with van der Waals surface area (Å²) in [5.74, 6) is -0.110. The highest BCUT2D eigenvalue weighted by Crippen LogP contribution is 2.38. The molecule has 0 bridgehead atoms. The summed E-state index contributed by atoms with van der Waals surface area (Å²) in [6, 6.07) is -0.605. The van der Waals surface area contributed by atoms with Gasteiger partial charge in [0, 0.05) is 18.1 Å². The molecular formula is C16H25N3O3S2. The highest BCUT2D eigenvalue weighted by atomic mass is 32.2. The van der Waals surface area contributed by atoms with Gasteiger partial charge in [0.2, 0.25) is 15.9 Å². The molecule has 1 unspecified atom stereocenters. The summed E-state index contributed by atoms with van der Waals surface area (Å²) < 4.78 is 27.3. The zero-order chi connectivity index (χ0) is 17.2. The third-order valence-corrected chi connectivity index (χ3v) is 8.02. The van der Waals surface area contributed by atoms with Gasteiger partial charge in [-0.3, -0.25) is 4.79 Å². The summed E-state index contributed by atoms with van der Waals surface area (Å²) in [6.07, 6.45) is 8.22. The van der Waals surface area contributed by atoms with Crippen LogP contribution in [0.25, 0.3) is 0 Å². The molecule has 2 fully saturated rings. The van der Waals surface area contributed by atoms with E-state index in [1.54, 1.807) is 11.6 Å². The number of sulfonamides is 1. The van der Waals surface area contributed by atoms with Crippen molar-refractivity contribution >= 4 is 32.4 Å². The van der Waals surface area contributed by atoms with Crippen LogP contribution in [0.3, 0.4) is 0 Å². The molecule has 1 N–H and O–H groups in total. The fraction of sp³-hybridized carbons (Fsp3) is 0.750. The molecule has 2 aliphatic rings. The molecule has 1 amide bonds. The molecule has 0 radical (unpaired) electrons. The van der Waals surface area contributed by atoms with Crippen LogP contribution in [0.4, 0.5) is 5.13 Å². The summed E-state index contributed by atoms with van der Waals surface area (Å²) in [6.45, 7) is 2.51. The SMILES string of the molecule is CC1(CS(=O)(=O)N2CCCC2C(=O)Nc2nccs2)CCCCC1. The van der Waals surface area contributed by atoms with E-state index in [0.29, 0.717) is 18.1 Å². The average Bonchev–Trinajstić information content (AvgIpc) is 3.18. The number of rotatable bonds is 5. The Kier molecular flexibility index (Phi) is 5.27.